The number of nitrogens with one attached hydrogen (secondary N) is 3. The van der Waals surface area contributed by atoms with E-state index in [-0.39, 0.29) is 12.0 Å². The lowest BCUT2D eigenvalue weighted by atomic mass is 10.2. The van der Waals surface area contributed by atoms with Gasteiger partial charge in [-0.3, -0.25) is 5.10 Å². The van der Waals surface area contributed by atoms with Crippen LogP contribution in [0.2, 0.25) is 0 Å². The summed E-state index contributed by atoms with van der Waals surface area (Å²) in [6.07, 6.45) is 3.34. The molecule has 7 nitrogen and oxygen atoms in total. The van der Waals surface area contributed by atoms with Gasteiger partial charge in [-0.05, 0) is 31.2 Å². The van der Waals surface area contributed by atoms with E-state index in [0.29, 0.717) is 24.4 Å². The fourth-order valence-electron chi connectivity index (χ4n) is 1.64. The number of benzene rings is 1. The van der Waals surface area contributed by atoms with Crippen LogP contribution in [0.1, 0.15) is 22.8 Å². The summed E-state index contributed by atoms with van der Waals surface area (Å²) in [7, 11) is 0. The number of anilines is 1. The van der Waals surface area contributed by atoms with Crippen molar-refractivity contribution in [2.24, 2.45) is 0 Å². The Bertz CT molecular complexity index is 593. The maximum atomic E-state index is 11.7. The Hall–Kier alpha value is -2.83. The molecule has 0 bridgehead atoms. The van der Waals surface area contributed by atoms with Crippen molar-refractivity contribution in [1.29, 1.82) is 0 Å². The molecule has 0 atom stereocenters. The Balaban J connectivity index is 1.85. The predicted molar refractivity (Wildman–Crippen MR) is 76.8 cm³/mol. The predicted octanol–water partition coefficient (Wildman–Crippen LogP) is 1.91. The number of urea groups is 1. The second-order valence-electron chi connectivity index (χ2n) is 4.21. The summed E-state index contributed by atoms with van der Waals surface area (Å²) >= 11 is 0. The first-order valence-electron chi connectivity index (χ1n) is 6.48. The number of ether oxygens (including phenoxy) is 1. The average Bonchev–Trinajstić information content (AvgIpc) is 2.99. The summed E-state index contributed by atoms with van der Waals surface area (Å²) in [4.78, 5) is 23.2. The molecule has 0 radical (unpaired) electrons. The number of H-pyrrole nitrogens is 1. The Kier molecular flexibility index (Phi) is 4.92. The molecule has 1 heterocycles. The highest BCUT2D eigenvalue weighted by Gasteiger charge is 2.07. The third-order valence-electron chi connectivity index (χ3n) is 2.66. The number of aromatic amines is 1. The van der Waals surface area contributed by atoms with Crippen molar-refractivity contribution in [2.75, 3.05) is 11.9 Å². The Morgan fingerprint density at radius 2 is 2.05 bits per heavy atom. The molecule has 110 valence electrons. The van der Waals surface area contributed by atoms with Gasteiger partial charge in [-0.1, -0.05) is 0 Å². The number of amides is 2. The molecule has 0 aliphatic rings. The zero-order valence-electron chi connectivity index (χ0n) is 11.6. The van der Waals surface area contributed by atoms with Gasteiger partial charge >= 0.3 is 12.0 Å². The maximum Gasteiger partial charge on any atom is 0.338 e. The molecule has 0 fully saturated rings. The molecule has 0 spiro atoms. The molecule has 2 aromatic rings. The van der Waals surface area contributed by atoms with Crippen molar-refractivity contribution in [3.05, 3.63) is 47.8 Å². The van der Waals surface area contributed by atoms with E-state index >= 15 is 0 Å². The molecule has 0 saturated heterocycles. The smallest absolute Gasteiger partial charge is 0.338 e. The first-order valence-corrected chi connectivity index (χ1v) is 6.48. The van der Waals surface area contributed by atoms with Gasteiger partial charge in [0.1, 0.15) is 0 Å². The molecule has 1 aromatic heterocycles. The highest BCUT2D eigenvalue weighted by atomic mass is 16.5. The summed E-state index contributed by atoms with van der Waals surface area (Å²) < 4.78 is 4.88. The van der Waals surface area contributed by atoms with Crippen LogP contribution in [0, 0.1) is 0 Å². The van der Waals surface area contributed by atoms with Crippen LogP contribution in [-0.4, -0.2) is 28.8 Å². The molecule has 3 N–H and O–H groups in total. The van der Waals surface area contributed by atoms with Crippen LogP contribution in [0.15, 0.2) is 36.7 Å². The van der Waals surface area contributed by atoms with Crippen LogP contribution in [0.25, 0.3) is 0 Å². The van der Waals surface area contributed by atoms with E-state index in [4.69, 9.17) is 4.74 Å². The van der Waals surface area contributed by atoms with Crippen LogP contribution < -0.4 is 10.6 Å². The number of hydrogen-bond acceptors (Lipinski definition) is 4. The lowest BCUT2D eigenvalue weighted by Gasteiger charge is -2.07. The van der Waals surface area contributed by atoms with E-state index in [1.165, 1.54) is 0 Å². The number of carbonyl (C=O) groups is 2. The molecular weight excluding hydrogens is 272 g/mol. The van der Waals surface area contributed by atoms with Crippen molar-refractivity contribution in [1.82, 2.24) is 15.5 Å². The highest BCUT2D eigenvalue weighted by molar-refractivity contribution is 5.92. The molecule has 0 saturated carbocycles. The molecule has 2 rings (SSSR count). The Morgan fingerprint density at radius 1 is 1.29 bits per heavy atom. The summed E-state index contributed by atoms with van der Waals surface area (Å²) in [6.45, 7) is 2.46. The van der Waals surface area contributed by atoms with E-state index in [2.05, 4.69) is 20.8 Å². The fraction of sp³-hybridized carbons (Fsp3) is 0.214. The lowest BCUT2D eigenvalue weighted by Crippen LogP contribution is -2.28. The van der Waals surface area contributed by atoms with Crippen molar-refractivity contribution in [3.8, 4) is 0 Å². The minimum absolute atomic E-state index is 0.329. The van der Waals surface area contributed by atoms with Gasteiger partial charge in [-0.25, -0.2) is 9.59 Å². The topological polar surface area (TPSA) is 96.1 Å². The van der Waals surface area contributed by atoms with E-state index in [0.717, 1.165) is 5.56 Å². The van der Waals surface area contributed by atoms with E-state index in [9.17, 15) is 9.59 Å². The normalized spacial score (nSPS) is 9.95. The SMILES string of the molecule is CCOC(=O)c1ccc(NC(=O)NCc2cn[nH]c2)cc1. The Labute approximate surface area is 121 Å². The molecule has 7 heteroatoms. The van der Waals surface area contributed by atoms with Gasteiger partial charge in [-0.2, -0.15) is 5.10 Å². The minimum Gasteiger partial charge on any atom is -0.462 e. The number of nitrogens with zero attached hydrogens (tertiary/aromatic N) is 1. The standard InChI is InChI=1S/C14H16N4O3/c1-2-21-13(19)11-3-5-12(6-4-11)18-14(20)15-7-10-8-16-17-9-10/h3-6,8-9H,2,7H2,1H3,(H,16,17)(H2,15,18,20). The van der Waals surface area contributed by atoms with E-state index in [1.54, 1.807) is 43.6 Å². The van der Waals surface area contributed by atoms with Gasteiger partial charge in [-0.15, -0.1) is 0 Å². The quantitative estimate of drug-likeness (QED) is 0.732. The second kappa shape index (κ2) is 7.09. The van der Waals surface area contributed by atoms with Gasteiger partial charge in [0.2, 0.25) is 0 Å². The van der Waals surface area contributed by atoms with Crippen LogP contribution in [0.5, 0.6) is 0 Å². The summed E-state index contributed by atoms with van der Waals surface area (Å²) in [5, 5.41) is 11.8. The molecule has 1 aromatic carbocycles. The number of hydrogen-bond donors (Lipinski definition) is 3. The van der Waals surface area contributed by atoms with Crippen LogP contribution >= 0.6 is 0 Å². The van der Waals surface area contributed by atoms with E-state index in [1.807, 2.05) is 0 Å². The molecule has 0 aliphatic carbocycles. The first-order chi connectivity index (χ1) is 10.2. The first kappa shape index (κ1) is 14.6. The largest absolute Gasteiger partial charge is 0.462 e. The van der Waals surface area contributed by atoms with Crippen molar-refractivity contribution in [2.45, 2.75) is 13.5 Å². The molecule has 21 heavy (non-hydrogen) atoms. The third kappa shape index (κ3) is 4.34. The van der Waals surface area contributed by atoms with Gasteiger partial charge in [0.05, 0.1) is 18.4 Å². The fourth-order valence-corrected chi connectivity index (χ4v) is 1.64. The lowest BCUT2D eigenvalue weighted by molar-refractivity contribution is 0.0526. The van der Waals surface area contributed by atoms with E-state index < -0.39 is 0 Å². The zero-order valence-corrected chi connectivity index (χ0v) is 11.6. The number of esters is 1. The highest BCUT2D eigenvalue weighted by Crippen LogP contribution is 2.10. The zero-order chi connectivity index (χ0) is 15.1. The number of aromatic nitrogens is 2. The molecule has 0 aliphatic heterocycles. The van der Waals surface area contributed by atoms with Gasteiger partial charge in [0.25, 0.3) is 0 Å². The third-order valence-corrected chi connectivity index (χ3v) is 2.66. The minimum atomic E-state index is -0.381. The number of rotatable bonds is 5. The van der Waals surface area contributed by atoms with Crippen LogP contribution in [0.3, 0.4) is 0 Å². The second-order valence-corrected chi connectivity index (χ2v) is 4.21. The molecule has 2 amide bonds. The van der Waals surface area contributed by atoms with Gasteiger partial charge in [0, 0.05) is 24.0 Å². The molecular formula is C14H16N4O3. The molecule has 0 unspecified atom stereocenters. The summed E-state index contributed by atoms with van der Waals surface area (Å²) in [5.74, 6) is -0.381. The van der Waals surface area contributed by atoms with Gasteiger partial charge in [0.15, 0.2) is 0 Å². The van der Waals surface area contributed by atoms with Crippen molar-refractivity contribution < 1.29 is 14.3 Å². The van der Waals surface area contributed by atoms with Crippen molar-refractivity contribution in [3.63, 3.8) is 0 Å². The number of carbonyl (C=O) groups excluding carboxylic acids is 2. The van der Waals surface area contributed by atoms with Crippen LogP contribution in [0.4, 0.5) is 10.5 Å². The van der Waals surface area contributed by atoms with Crippen molar-refractivity contribution >= 4 is 17.7 Å². The maximum absolute atomic E-state index is 11.7. The summed E-state index contributed by atoms with van der Waals surface area (Å²) in [5.41, 5.74) is 1.91. The van der Waals surface area contributed by atoms with Gasteiger partial charge < -0.3 is 15.4 Å². The monoisotopic (exact) mass is 288 g/mol. The van der Waals surface area contributed by atoms with Crippen LogP contribution in [-0.2, 0) is 11.3 Å². The summed E-state index contributed by atoms with van der Waals surface area (Å²) in [6, 6.07) is 6.15. The Morgan fingerprint density at radius 3 is 2.67 bits per heavy atom. The average molecular weight is 288 g/mol.